The number of carbonyl (C=O) groups is 10. The highest BCUT2D eigenvalue weighted by Crippen LogP contribution is 2.52. The van der Waals surface area contributed by atoms with Crippen LogP contribution in [0.15, 0.2) is 59.4 Å². The number of ether oxygens (including phenoxy) is 3. The summed E-state index contributed by atoms with van der Waals surface area (Å²) in [6.07, 6.45) is 4.36. The number of benzene rings is 2. The van der Waals surface area contributed by atoms with Gasteiger partial charge in [-0.15, -0.1) is 0 Å². The second kappa shape index (κ2) is 25.5. The second-order valence-electron chi connectivity index (χ2n) is 22.8. The predicted molar refractivity (Wildman–Crippen MR) is 302 cm³/mol. The van der Waals surface area contributed by atoms with E-state index >= 15 is 4.39 Å². The molecule has 9 rings (SSSR count). The fraction of sp³-hybridized carbons (Fsp3) is 0.467. The first-order valence-corrected chi connectivity index (χ1v) is 28.5. The third-order valence-corrected chi connectivity index (χ3v) is 15.7. The Labute approximate surface area is 488 Å². The summed E-state index contributed by atoms with van der Waals surface area (Å²) < 4.78 is 33.5. The molecule has 1 fully saturated rings. The van der Waals surface area contributed by atoms with Crippen molar-refractivity contribution in [3.8, 4) is 11.4 Å². The molecule has 6 heterocycles. The van der Waals surface area contributed by atoms with Gasteiger partial charge in [0.05, 0.1) is 54.7 Å². The summed E-state index contributed by atoms with van der Waals surface area (Å²) in [5.41, 5.74) is 2.42. The molecule has 2 aromatic carbocycles. The van der Waals surface area contributed by atoms with Gasteiger partial charge < -0.3 is 56.0 Å². The van der Waals surface area contributed by atoms with Crippen LogP contribution >= 0.6 is 0 Å². The number of hydrogen-bond donors (Lipinski definition) is 7. The first-order chi connectivity index (χ1) is 40.5. The average Bonchev–Trinajstić information content (AvgIpc) is 1.57. The van der Waals surface area contributed by atoms with Crippen LogP contribution in [0.25, 0.3) is 22.3 Å². The molecule has 1 saturated heterocycles. The molecule has 9 amide bonds. The van der Waals surface area contributed by atoms with Crippen molar-refractivity contribution >= 4 is 70.2 Å². The number of amides is 9. The van der Waals surface area contributed by atoms with Crippen molar-refractivity contribution in [3.63, 3.8) is 0 Å². The number of halogens is 1. The monoisotopic (exact) mass is 1170 g/mol. The quantitative estimate of drug-likeness (QED) is 0.0202. The number of aryl methyl sites for hydroxylation is 1. The molecular weight excluding hydrogens is 1100 g/mol. The lowest BCUT2D eigenvalue weighted by Gasteiger charge is -2.30. The van der Waals surface area contributed by atoms with Gasteiger partial charge in [-0.3, -0.25) is 48.1 Å². The molecule has 5 aliphatic rings. The van der Waals surface area contributed by atoms with E-state index in [9.17, 15) is 52.7 Å². The Morgan fingerprint density at radius 1 is 0.800 bits per heavy atom. The van der Waals surface area contributed by atoms with E-state index in [2.05, 4.69) is 37.2 Å². The zero-order valence-electron chi connectivity index (χ0n) is 48.0. The van der Waals surface area contributed by atoms with Crippen molar-refractivity contribution in [2.45, 2.75) is 147 Å². The summed E-state index contributed by atoms with van der Waals surface area (Å²) in [5, 5.41) is 19.2. The fourth-order valence-electron chi connectivity index (χ4n) is 11.3. The van der Waals surface area contributed by atoms with Crippen LogP contribution in [0.3, 0.4) is 0 Å². The number of carbonyl (C=O) groups excluding carboxylic acids is 10. The van der Waals surface area contributed by atoms with E-state index in [-0.39, 0.29) is 56.6 Å². The Morgan fingerprint density at radius 2 is 1.48 bits per heavy atom. The molecule has 4 aliphatic heterocycles. The van der Waals surface area contributed by atoms with Gasteiger partial charge in [-0.25, -0.2) is 19.0 Å². The molecule has 2 unspecified atom stereocenters. The summed E-state index contributed by atoms with van der Waals surface area (Å²) in [7, 11) is 0. The number of nitrogens with zero attached hydrogens (tertiary/aromatic N) is 3. The summed E-state index contributed by atoms with van der Waals surface area (Å²) in [5.74, 6) is -5.79. The third-order valence-electron chi connectivity index (χ3n) is 15.7. The van der Waals surface area contributed by atoms with Crippen LogP contribution in [0, 0.1) is 12.7 Å². The van der Waals surface area contributed by atoms with Gasteiger partial charge in [0.15, 0.2) is 0 Å². The molecule has 1 spiro atoms. The molecule has 0 radical (unpaired) electrons. The van der Waals surface area contributed by atoms with Gasteiger partial charge in [-0.2, -0.15) is 0 Å². The Hall–Kier alpha value is -8.87. The number of imide groups is 1. The predicted octanol–water partition coefficient (Wildman–Crippen LogP) is 2.39. The molecule has 1 aliphatic carbocycles. The highest BCUT2D eigenvalue weighted by molar-refractivity contribution is 6.12. The highest BCUT2D eigenvalue weighted by Gasteiger charge is 2.66. The van der Waals surface area contributed by atoms with Crippen LogP contribution in [-0.2, 0) is 89.0 Å². The maximum Gasteiger partial charge on any atom is 0.407 e. The van der Waals surface area contributed by atoms with Crippen LogP contribution in [0.2, 0.25) is 0 Å². The minimum Gasteiger partial charge on any atom is -0.458 e. The van der Waals surface area contributed by atoms with Crippen molar-refractivity contribution in [1.82, 2.24) is 51.7 Å². The fourth-order valence-corrected chi connectivity index (χ4v) is 11.3. The van der Waals surface area contributed by atoms with Crippen LogP contribution < -0.4 is 42.8 Å². The largest absolute Gasteiger partial charge is 0.458 e. The van der Waals surface area contributed by atoms with E-state index in [0.29, 0.717) is 95.1 Å². The topological polar surface area (TPSA) is 324 Å². The summed E-state index contributed by atoms with van der Waals surface area (Å²) >= 11 is 0. The number of nitrogens with one attached hydrogen (secondary N) is 7. The number of aromatic nitrogens is 2. The Kier molecular flexibility index (Phi) is 18.2. The minimum atomic E-state index is -1.41. The molecule has 4 aromatic rings. The molecule has 24 nitrogen and oxygen atoms in total. The van der Waals surface area contributed by atoms with Gasteiger partial charge >= 0.3 is 12.1 Å². The van der Waals surface area contributed by atoms with E-state index in [1.165, 1.54) is 22.8 Å². The van der Waals surface area contributed by atoms with Crippen LogP contribution in [0.5, 0.6) is 0 Å². The summed E-state index contributed by atoms with van der Waals surface area (Å²) in [6, 6.07) is 8.85. The summed E-state index contributed by atoms with van der Waals surface area (Å²) in [4.78, 5) is 150. The molecule has 0 bridgehead atoms. The molecule has 0 saturated carbocycles. The van der Waals surface area contributed by atoms with E-state index in [1.807, 2.05) is 0 Å². The molecule has 450 valence electrons. The standard InChI is InChI=1S/C60H69FN10O14/c1-32-35-18-19-40(52-36-30-71-44(53(36)69-42(51(35)52)26-39(32)61)25-38-37(56(71)80)31-83-57(81)60(38)33(2)84-60)66-48(75)29-65-55(79)43(24-34-14-8-6-9-15-34)68-47(74)28-63-46(73)27-64-54(78)41(16-11-12-22-62-58(82)85-59(3,4)5)67-45(72)17-10-7-13-23-70-49(76)20-21-50(70)77/h6,8-9,14-15,20-21,25-26,33,40-41,43H,7,10-13,16-19,22-24,27-31H2,1-5H3,(H,62,82)(H,63,73)(H,64,78)(H,65,79)(H,66,75)(H,67,72)(H,68,74)/t33?,40-,41?,43-,60-/m0/s1. The molecule has 2 aromatic heterocycles. The molecular formula is C60H69FN10O14. The first-order valence-electron chi connectivity index (χ1n) is 28.5. The number of hydrogen-bond acceptors (Lipinski definition) is 15. The third kappa shape index (κ3) is 13.7. The smallest absolute Gasteiger partial charge is 0.407 e. The van der Waals surface area contributed by atoms with Crippen LogP contribution in [-0.4, -0.2) is 130 Å². The number of epoxide rings is 1. The van der Waals surface area contributed by atoms with Gasteiger partial charge in [-0.05, 0) is 108 Å². The average molecular weight is 1170 g/mol. The number of pyridine rings is 2. The summed E-state index contributed by atoms with van der Waals surface area (Å²) in [6.45, 7) is 7.14. The molecule has 85 heavy (non-hydrogen) atoms. The Bertz CT molecular complexity index is 3470. The van der Waals surface area contributed by atoms with Crippen molar-refractivity contribution in [2.75, 3.05) is 32.7 Å². The zero-order valence-corrected chi connectivity index (χ0v) is 48.0. The molecule has 7 N–H and O–H groups in total. The zero-order chi connectivity index (χ0) is 60.9. The van der Waals surface area contributed by atoms with Gasteiger partial charge in [0.1, 0.15) is 36.2 Å². The highest BCUT2D eigenvalue weighted by atomic mass is 19.1. The number of rotatable bonds is 24. The lowest BCUT2D eigenvalue weighted by Crippen LogP contribution is -2.53. The van der Waals surface area contributed by atoms with Crippen LogP contribution in [0.1, 0.15) is 124 Å². The van der Waals surface area contributed by atoms with E-state index < -0.39 is 120 Å². The van der Waals surface area contributed by atoms with E-state index in [1.54, 1.807) is 71.0 Å². The van der Waals surface area contributed by atoms with E-state index in [4.69, 9.17) is 19.2 Å². The number of fused-ring (bicyclic) bond motifs is 6. The Balaban J connectivity index is 0.798. The van der Waals surface area contributed by atoms with Crippen molar-refractivity contribution in [2.24, 2.45) is 0 Å². The normalized spacial score (nSPS) is 18.6. The van der Waals surface area contributed by atoms with E-state index in [0.717, 1.165) is 10.5 Å². The van der Waals surface area contributed by atoms with Crippen LogP contribution in [0.4, 0.5) is 9.18 Å². The number of alkyl carbamates (subject to hydrolysis) is 1. The maximum atomic E-state index is 15.5. The van der Waals surface area contributed by atoms with Gasteiger partial charge in [0, 0.05) is 60.7 Å². The van der Waals surface area contributed by atoms with Crippen molar-refractivity contribution in [3.05, 3.63) is 110 Å². The second-order valence-corrected chi connectivity index (χ2v) is 22.8. The van der Waals surface area contributed by atoms with Gasteiger partial charge in [0.2, 0.25) is 41.0 Å². The number of cyclic esters (lactones) is 1. The Morgan fingerprint density at radius 3 is 2.19 bits per heavy atom. The maximum absolute atomic E-state index is 15.5. The first kappa shape index (κ1) is 60.7. The SMILES string of the molecule is Cc1c(F)cc2nc3c(c4c2c1CC[C@@H]4NC(=O)CNC(=O)[C@H](Cc1ccccc1)NC(=O)CNC(=O)CNC(=O)C(CCCCNC(=O)OC(C)(C)C)NC(=O)CCCCCN1C(=O)C=CC1=O)Cn1c-3cc2c(c1=O)COC(=O)[C@@]21OC1C. The van der Waals surface area contributed by atoms with Crippen molar-refractivity contribution < 1.29 is 66.5 Å². The minimum absolute atomic E-state index is 0.00119. The molecule has 5 atom stereocenters. The lowest BCUT2D eigenvalue weighted by atomic mass is 9.81. The number of unbranched alkanes of at least 4 members (excludes halogenated alkanes) is 3. The molecule has 25 heteroatoms. The van der Waals surface area contributed by atoms with Gasteiger partial charge in [0.25, 0.3) is 17.4 Å². The van der Waals surface area contributed by atoms with Crippen molar-refractivity contribution in [1.29, 1.82) is 0 Å². The number of esters is 1. The lowest BCUT2D eigenvalue weighted by molar-refractivity contribution is -0.154. The van der Waals surface area contributed by atoms with Gasteiger partial charge in [-0.1, -0.05) is 36.8 Å².